The third kappa shape index (κ3) is 10.4. The minimum Gasteiger partial charge on any atom is -0.497 e. The van der Waals surface area contributed by atoms with Crippen LogP contribution in [0.1, 0.15) is 49.7 Å². The molecule has 1 aromatic heterocycles. The lowest BCUT2D eigenvalue weighted by atomic mass is 9.91. The largest absolute Gasteiger partial charge is 0.497 e. The minimum absolute atomic E-state index is 0.0211. The number of methoxy groups -OCH3 is 3. The van der Waals surface area contributed by atoms with Gasteiger partial charge in [0.1, 0.15) is 11.8 Å². The third-order valence-electron chi connectivity index (χ3n) is 5.87. The van der Waals surface area contributed by atoms with Gasteiger partial charge in [-0.05, 0) is 56.7 Å². The molecule has 11 heteroatoms. The Bertz CT molecular complexity index is 1080. The molecule has 0 fully saturated rings. The average Bonchev–Trinajstić information content (AvgIpc) is 2.91. The van der Waals surface area contributed by atoms with Crippen LogP contribution in [0, 0.1) is 5.92 Å². The van der Waals surface area contributed by atoms with E-state index in [1.165, 1.54) is 33.2 Å². The first-order valence-electron chi connectivity index (χ1n) is 12.6. The molecule has 2 unspecified atom stereocenters. The van der Waals surface area contributed by atoms with Crippen molar-refractivity contribution in [3.05, 3.63) is 47.8 Å². The summed E-state index contributed by atoms with van der Waals surface area (Å²) in [6, 6.07) is 8.40. The van der Waals surface area contributed by atoms with Gasteiger partial charge in [0.15, 0.2) is 17.2 Å². The molecule has 1 N–H and O–H groups in total. The van der Waals surface area contributed by atoms with Gasteiger partial charge in [0.05, 0.1) is 20.3 Å². The topological polar surface area (TPSA) is 132 Å². The van der Waals surface area contributed by atoms with Crippen LogP contribution in [0.5, 0.6) is 17.2 Å². The van der Waals surface area contributed by atoms with Gasteiger partial charge >= 0.3 is 11.9 Å². The number of esters is 2. The second kappa shape index (κ2) is 16.2. The lowest BCUT2D eigenvalue weighted by molar-refractivity contribution is -0.151. The Morgan fingerprint density at radius 1 is 1.00 bits per heavy atom. The van der Waals surface area contributed by atoms with E-state index in [1.807, 2.05) is 31.2 Å². The Morgan fingerprint density at radius 3 is 2.33 bits per heavy atom. The van der Waals surface area contributed by atoms with E-state index in [0.717, 1.165) is 24.2 Å². The van der Waals surface area contributed by atoms with Gasteiger partial charge in [0.25, 0.3) is 5.91 Å². The number of carbonyl (C=O) groups excluding carboxylic acids is 3. The van der Waals surface area contributed by atoms with E-state index in [4.69, 9.17) is 28.4 Å². The van der Waals surface area contributed by atoms with Gasteiger partial charge in [0, 0.05) is 32.9 Å². The molecule has 214 valence electrons. The molecule has 0 radical (unpaired) electrons. The van der Waals surface area contributed by atoms with Gasteiger partial charge in [-0.2, -0.15) is 0 Å². The van der Waals surface area contributed by atoms with Crippen molar-refractivity contribution in [2.75, 3.05) is 34.7 Å². The number of nitrogens with zero attached hydrogens (tertiary/aromatic N) is 1. The number of aromatic nitrogens is 1. The molecule has 1 heterocycles. The molecule has 2 rings (SSSR count). The van der Waals surface area contributed by atoms with Crippen molar-refractivity contribution in [2.24, 2.45) is 5.92 Å². The zero-order valence-corrected chi connectivity index (χ0v) is 23.4. The number of amides is 1. The summed E-state index contributed by atoms with van der Waals surface area (Å²) in [7, 11) is 4.68. The Labute approximate surface area is 229 Å². The molecule has 0 bridgehead atoms. The highest BCUT2D eigenvalue weighted by molar-refractivity contribution is 5.98. The summed E-state index contributed by atoms with van der Waals surface area (Å²) in [5.41, 5.74) is 1.02. The molecule has 0 saturated carbocycles. The lowest BCUT2D eigenvalue weighted by Crippen LogP contribution is -2.41. The van der Waals surface area contributed by atoms with Crippen LogP contribution in [0.25, 0.3) is 0 Å². The maximum absolute atomic E-state index is 12.9. The van der Waals surface area contributed by atoms with E-state index in [0.29, 0.717) is 13.0 Å². The maximum Gasteiger partial charge on any atom is 0.328 e. The van der Waals surface area contributed by atoms with E-state index in [2.05, 4.69) is 10.3 Å². The first-order chi connectivity index (χ1) is 18.7. The predicted molar refractivity (Wildman–Crippen MR) is 142 cm³/mol. The van der Waals surface area contributed by atoms with Crippen molar-refractivity contribution in [2.45, 2.75) is 52.2 Å². The molecule has 3 atom stereocenters. The summed E-state index contributed by atoms with van der Waals surface area (Å²) < 4.78 is 31.6. The van der Waals surface area contributed by atoms with Crippen molar-refractivity contribution in [1.29, 1.82) is 0 Å². The molecular weight excluding hydrogens is 508 g/mol. The molecular formula is C28H38N2O9. The summed E-state index contributed by atoms with van der Waals surface area (Å²) in [5.74, 6) is -0.626. The van der Waals surface area contributed by atoms with Gasteiger partial charge in [-0.25, -0.2) is 9.78 Å². The lowest BCUT2D eigenvalue weighted by Gasteiger charge is -2.23. The van der Waals surface area contributed by atoms with Gasteiger partial charge in [0.2, 0.25) is 6.79 Å². The Balaban J connectivity index is 1.99. The van der Waals surface area contributed by atoms with Gasteiger partial charge in [-0.3, -0.25) is 9.59 Å². The predicted octanol–water partition coefficient (Wildman–Crippen LogP) is 3.33. The van der Waals surface area contributed by atoms with Gasteiger partial charge in [-0.1, -0.05) is 12.1 Å². The van der Waals surface area contributed by atoms with Crippen molar-refractivity contribution in [3.63, 3.8) is 0 Å². The molecule has 0 aliphatic heterocycles. The first-order valence-corrected chi connectivity index (χ1v) is 12.6. The highest BCUT2D eigenvalue weighted by Crippen LogP contribution is 2.29. The molecule has 1 amide bonds. The number of nitrogens with one attached hydrogen (secondary N) is 1. The Hall–Kier alpha value is -3.86. The first kappa shape index (κ1) is 31.4. The van der Waals surface area contributed by atoms with Crippen molar-refractivity contribution < 1.29 is 42.8 Å². The highest BCUT2D eigenvalue weighted by Gasteiger charge is 2.26. The summed E-state index contributed by atoms with van der Waals surface area (Å²) >= 11 is 0. The number of benzene rings is 1. The highest BCUT2D eigenvalue weighted by atomic mass is 16.7. The summed E-state index contributed by atoms with van der Waals surface area (Å²) in [6.45, 7) is 4.72. The molecule has 0 aliphatic carbocycles. The number of hydrogen-bond acceptors (Lipinski definition) is 10. The fourth-order valence-corrected chi connectivity index (χ4v) is 3.89. The number of carbonyl (C=O) groups is 3. The van der Waals surface area contributed by atoms with Crippen LogP contribution >= 0.6 is 0 Å². The van der Waals surface area contributed by atoms with E-state index < -0.39 is 36.8 Å². The fraction of sp³-hybridized carbons (Fsp3) is 0.500. The van der Waals surface area contributed by atoms with Gasteiger partial charge < -0.3 is 33.7 Å². The second-order valence-corrected chi connectivity index (χ2v) is 8.97. The zero-order chi connectivity index (χ0) is 28.8. The van der Waals surface area contributed by atoms with Crippen LogP contribution in [-0.2, 0) is 30.2 Å². The monoisotopic (exact) mass is 546 g/mol. The summed E-state index contributed by atoms with van der Waals surface area (Å²) in [5, 5.41) is 2.58. The maximum atomic E-state index is 12.9. The standard InChI is InChI=1S/C28H38N2O9/c1-18(15-22(12-14-34-4)16-21-7-9-23(35-5)10-8-21)39-28(33)19(2)30-27(32)25-26(38-17-37-20(3)31)24(36-6)11-13-29-25/h7-11,13,18-19,22H,12,14-17H2,1-6H3,(H,30,32)/t18?,19-,22?/m0/s1. The van der Waals surface area contributed by atoms with Gasteiger partial charge in [-0.15, -0.1) is 0 Å². The number of hydrogen-bond donors (Lipinski definition) is 1. The zero-order valence-electron chi connectivity index (χ0n) is 23.4. The molecule has 0 aliphatic rings. The minimum atomic E-state index is -0.965. The third-order valence-corrected chi connectivity index (χ3v) is 5.87. The van der Waals surface area contributed by atoms with Crippen LogP contribution < -0.4 is 19.5 Å². The van der Waals surface area contributed by atoms with Crippen LogP contribution in [0.15, 0.2) is 36.5 Å². The fourth-order valence-electron chi connectivity index (χ4n) is 3.89. The van der Waals surface area contributed by atoms with E-state index >= 15 is 0 Å². The second-order valence-electron chi connectivity index (χ2n) is 8.97. The molecule has 2 aromatic rings. The van der Waals surface area contributed by atoms with Crippen molar-refractivity contribution >= 4 is 17.8 Å². The average molecular weight is 547 g/mol. The quantitative estimate of drug-likeness (QED) is 0.247. The molecule has 1 aromatic carbocycles. The molecule has 0 spiro atoms. The van der Waals surface area contributed by atoms with E-state index in [-0.39, 0.29) is 23.1 Å². The normalized spacial score (nSPS) is 13.0. The molecule has 39 heavy (non-hydrogen) atoms. The van der Waals surface area contributed by atoms with E-state index in [9.17, 15) is 14.4 Å². The Morgan fingerprint density at radius 2 is 1.72 bits per heavy atom. The molecule has 0 saturated heterocycles. The van der Waals surface area contributed by atoms with Crippen LogP contribution in [-0.4, -0.2) is 69.7 Å². The SMILES string of the molecule is COCCC(Cc1ccc(OC)cc1)CC(C)OC(=O)[C@H](C)NC(=O)c1nccc(OC)c1OCOC(C)=O. The number of ether oxygens (including phenoxy) is 6. The number of pyridine rings is 1. The van der Waals surface area contributed by atoms with Crippen LogP contribution in [0.4, 0.5) is 0 Å². The number of rotatable bonds is 16. The smallest absolute Gasteiger partial charge is 0.328 e. The van der Waals surface area contributed by atoms with Crippen molar-refractivity contribution in [1.82, 2.24) is 10.3 Å². The summed E-state index contributed by atoms with van der Waals surface area (Å²) in [4.78, 5) is 40.8. The van der Waals surface area contributed by atoms with Crippen LogP contribution in [0.2, 0.25) is 0 Å². The van der Waals surface area contributed by atoms with Crippen molar-refractivity contribution in [3.8, 4) is 17.2 Å². The van der Waals surface area contributed by atoms with E-state index in [1.54, 1.807) is 14.2 Å². The summed E-state index contributed by atoms with van der Waals surface area (Å²) in [6.07, 6.45) is 3.18. The molecule has 11 nitrogen and oxygen atoms in total. The Kier molecular flexibility index (Phi) is 13.0. The van der Waals surface area contributed by atoms with Crippen LogP contribution in [0.3, 0.4) is 0 Å².